The maximum absolute atomic E-state index is 13.9. The van der Waals surface area contributed by atoms with Crippen LogP contribution in [0.1, 0.15) is 12.1 Å². The summed E-state index contributed by atoms with van der Waals surface area (Å²) in [5.41, 5.74) is 1.34. The summed E-state index contributed by atoms with van der Waals surface area (Å²) in [7, 11) is 1.65. The van der Waals surface area contributed by atoms with Crippen LogP contribution in [-0.4, -0.2) is 47.2 Å². The van der Waals surface area contributed by atoms with E-state index < -0.39 is 0 Å². The largest absolute Gasteiger partial charge is 0.494 e. The predicted molar refractivity (Wildman–Crippen MR) is 105 cm³/mol. The second kappa shape index (κ2) is 6.58. The molecule has 0 saturated carbocycles. The van der Waals surface area contributed by atoms with Gasteiger partial charge in [0, 0.05) is 37.9 Å². The molecule has 3 aliphatic heterocycles. The molecule has 5 heterocycles. The van der Waals surface area contributed by atoms with Crippen LogP contribution in [0.3, 0.4) is 0 Å². The number of aromatic nitrogens is 2. The standard InChI is InChI=1S/C19H18ClFN4OS/c1-26-16-5-4-13(20)18-17(16)23-19(27-18)25-11-7-12(25)9-24(8-11)10-15-14(21)3-2-6-22-15/h2-6,11-12H,7-10H2,1H3. The molecular weight excluding hydrogens is 387 g/mol. The summed E-state index contributed by atoms with van der Waals surface area (Å²) in [6.07, 6.45) is 2.79. The maximum Gasteiger partial charge on any atom is 0.187 e. The molecule has 2 atom stereocenters. The minimum absolute atomic E-state index is 0.235. The molecule has 0 radical (unpaired) electrons. The number of nitrogens with zero attached hydrogens (tertiary/aromatic N) is 4. The van der Waals surface area contributed by atoms with Crippen molar-refractivity contribution in [1.82, 2.24) is 14.9 Å². The van der Waals surface area contributed by atoms with Crippen LogP contribution >= 0.6 is 22.9 Å². The van der Waals surface area contributed by atoms with Gasteiger partial charge in [-0.3, -0.25) is 9.88 Å². The highest BCUT2D eigenvalue weighted by Crippen LogP contribution is 2.44. The average molecular weight is 405 g/mol. The summed E-state index contributed by atoms with van der Waals surface area (Å²) >= 11 is 7.97. The molecule has 1 aromatic carbocycles. The van der Waals surface area contributed by atoms with E-state index >= 15 is 0 Å². The van der Waals surface area contributed by atoms with E-state index in [0.29, 0.717) is 29.3 Å². The smallest absolute Gasteiger partial charge is 0.187 e. The van der Waals surface area contributed by atoms with Gasteiger partial charge in [0.15, 0.2) is 5.13 Å². The van der Waals surface area contributed by atoms with E-state index in [1.807, 2.05) is 12.1 Å². The van der Waals surface area contributed by atoms with Gasteiger partial charge in [-0.2, -0.15) is 0 Å². The van der Waals surface area contributed by atoms with Crippen molar-refractivity contribution < 1.29 is 9.13 Å². The molecule has 6 rings (SSSR count). The van der Waals surface area contributed by atoms with Crippen LogP contribution in [0.25, 0.3) is 10.2 Å². The van der Waals surface area contributed by atoms with Crippen molar-refractivity contribution in [3.05, 3.63) is 47.0 Å². The number of halogens is 2. The van der Waals surface area contributed by atoms with E-state index in [1.165, 1.54) is 6.07 Å². The molecule has 3 aliphatic rings. The number of thiazole rings is 1. The molecule has 27 heavy (non-hydrogen) atoms. The third-order valence-electron chi connectivity index (χ3n) is 5.36. The number of hydrogen-bond donors (Lipinski definition) is 0. The monoisotopic (exact) mass is 404 g/mol. The van der Waals surface area contributed by atoms with Gasteiger partial charge in [0.05, 0.1) is 22.5 Å². The lowest BCUT2D eigenvalue weighted by atomic mass is 9.88. The predicted octanol–water partition coefficient (Wildman–Crippen LogP) is 3.96. The number of pyridine rings is 1. The number of fused-ring (bicyclic) bond motifs is 3. The van der Waals surface area contributed by atoms with E-state index in [-0.39, 0.29) is 5.82 Å². The first-order chi connectivity index (χ1) is 13.1. The second-order valence-electron chi connectivity index (χ2n) is 7.00. The summed E-state index contributed by atoms with van der Waals surface area (Å²) in [5, 5.41) is 1.69. The Balaban J connectivity index is 1.37. The third kappa shape index (κ3) is 2.85. The van der Waals surface area contributed by atoms with E-state index in [2.05, 4.69) is 14.8 Å². The van der Waals surface area contributed by atoms with Crippen molar-refractivity contribution in [3.63, 3.8) is 0 Å². The molecule has 5 nitrogen and oxygen atoms in total. The van der Waals surface area contributed by atoms with Gasteiger partial charge in [-0.1, -0.05) is 22.9 Å². The number of benzene rings is 1. The van der Waals surface area contributed by atoms with E-state index in [9.17, 15) is 4.39 Å². The fraction of sp³-hybridized carbons (Fsp3) is 0.368. The lowest BCUT2D eigenvalue weighted by Crippen LogP contribution is -2.68. The molecule has 3 saturated heterocycles. The Kier molecular flexibility index (Phi) is 4.18. The van der Waals surface area contributed by atoms with Crippen LogP contribution in [0.15, 0.2) is 30.5 Å². The highest BCUT2D eigenvalue weighted by atomic mass is 35.5. The molecule has 0 spiro atoms. The van der Waals surface area contributed by atoms with E-state index in [0.717, 1.165) is 40.6 Å². The quantitative estimate of drug-likeness (QED) is 0.658. The Morgan fingerprint density at radius 1 is 1.30 bits per heavy atom. The number of anilines is 1. The number of ether oxygens (including phenoxy) is 1. The molecule has 140 valence electrons. The Bertz CT molecular complexity index is 1000. The number of rotatable bonds is 4. The molecule has 2 bridgehead atoms. The minimum atomic E-state index is -0.235. The van der Waals surface area contributed by atoms with Gasteiger partial charge in [0.25, 0.3) is 0 Å². The number of hydrogen-bond acceptors (Lipinski definition) is 6. The minimum Gasteiger partial charge on any atom is -0.494 e. The Hall–Kier alpha value is -1.96. The van der Waals surface area contributed by atoms with Crippen LogP contribution in [-0.2, 0) is 6.54 Å². The van der Waals surface area contributed by atoms with Crippen molar-refractivity contribution in [3.8, 4) is 5.75 Å². The molecule has 0 amide bonds. The first kappa shape index (κ1) is 17.2. The molecule has 8 heteroatoms. The lowest BCUT2D eigenvalue weighted by molar-refractivity contribution is 0.106. The summed E-state index contributed by atoms with van der Waals surface area (Å²) in [6.45, 7) is 2.31. The highest BCUT2D eigenvalue weighted by molar-refractivity contribution is 7.22. The van der Waals surface area contributed by atoms with Gasteiger partial charge < -0.3 is 9.64 Å². The Labute approximate surface area is 165 Å². The van der Waals surface area contributed by atoms with Gasteiger partial charge in [-0.25, -0.2) is 9.37 Å². The fourth-order valence-electron chi connectivity index (χ4n) is 4.10. The zero-order valence-corrected chi connectivity index (χ0v) is 16.3. The number of piperidine rings is 1. The SMILES string of the molecule is COc1ccc(Cl)c2sc(N3C4CC3CN(Cc3ncccc3F)C4)nc12. The van der Waals surface area contributed by atoms with Crippen LogP contribution in [0.5, 0.6) is 5.75 Å². The van der Waals surface area contributed by atoms with Gasteiger partial charge >= 0.3 is 0 Å². The topological polar surface area (TPSA) is 41.5 Å². The van der Waals surface area contributed by atoms with Gasteiger partial charge in [0.2, 0.25) is 0 Å². The molecular formula is C19H18ClFN4OS. The molecule has 0 aliphatic carbocycles. The first-order valence-electron chi connectivity index (χ1n) is 8.87. The van der Waals surface area contributed by atoms with Crippen LogP contribution in [0, 0.1) is 5.82 Å². The summed E-state index contributed by atoms with van der Waals surface area (Å²) < 4.78 is 20.3. The van der Waals surface area contributed by atoms with Crippen molar-refractivity contribution in [2.45, 2.75) is 25.0 Å². The van der Waals surface area contributed by atoms with Crippen molar-refractivity contribution in [2.75, 3.05) is 25.1 Å². The Morgan fingerprint density at radius 2 is 2.11 bits per heavy atom. The average Bonchev–Trinajstić information content (AvgIpc) is 3.09. The number of piperazine rings is 1. The summed E-state index contributed by atoms with van der Waals surface area (Å²) in [6, 6.07) is 7.58. The fourth-order valence-corrected chi connectivity index (χ4v) is 5.50. The first-order valence-corrected chi connectivity index (χ1v) is 10.1. The van der Waals surface area contributed by atoms with Crippen molar-refractivity contribution in [1.29, 1.82) is 0 Å². The zero-order valence-electron chi connectivity index (χ0n) is 14.7. The van der Waals surface area contributed by atoms with E-state index in [4.69, 9.17) is 21.3 Å². The molecule has 2 aromatic heterocycles. The molecule has 2 unspecified atom stereocenters. The Morgan fingerprint density at radius 3 is 2.85 bits per heavy atom. The third-order valence-corrected chi connectivity index (χ3v) is 6.89. The van der Waals surface area contributed by atoms with Gasteiger partial charge in [-0.15, -0.1) is 0 Å². The number of methoxy groups -OCH3 is 1. The summed E-state index contributed by atoms with van der Waals surface area (Å²) in [4.78, 5) is 13.7. The maximum atomic E-state index is 13.9. The summed E-state index contributed by atoms with van der Waals surface area (Å²) in [5.74, 6) is 0.511. The van der Waals surface area contributed by atoms with Gasteiger partial charge in [-0.05, 0) is 30.7 Å². The highest BCUT2D eigenvalue weighted by Gasteiger charge is 2.46. The molecule has 3 fully saturated rings. The lowest BCUT2D eigenvalue weighted by Gasteiger charge is -2.56. The molecule has 3 aromatic rings. The van der Waals surface area contributed by atoms with Crippen LogP contribution < -0.4 is 9.64 Å². The van der Waals surface area contributed by atoms with Crippen molar-refractivity contribution >= 4 is 38.3 Å². The van der Waals surface area contributed by atoms with Crippen LogP contribution in [0.2, 0.25) is 5.02 Å². The normalized spacial score (nSPS) is 22.1. The molecule has 0 N–H and O–H groups in total. The van der Waals surface area contributed by atoms with Crippen molar-refractivity contribution in [2.24, 2.45) is 0 Å². The second-order valence-corrected chi connectivity index (χ2v) is 8.39. The van der Waals surface area contributed by atoms with Crippen LogP contribution in [0.4, 0.5) is 9.52 Å². The zero-order chi connectivity index (χ0) is 18.5. The van der Waals surface area contributed by atoms with E-state index in [1.54, 1.807) is 30.7 Å². The van der Waals surface area contributed by atoms with Gasteiger partial charge in [0.1, 0.15) is 17.1 Å².